The normalized spacial score (nSPS) is 17.8. The first kappa shape index (κ1) is 18.8. The van der Waals surface area contributed by atoms with Crippen LogP contribution in [0.25, 0.3) is 0 Å². The van der Waals surface area contributed by atoms with Crippen LogP contribution in [-0.4, -0.2) is 61.3 Å². The van der Waals surface area contributed by atoms with Crippen molar-refractivity contribution >= 4 is 6.09 Å². The summed E-state index contributed by atoms with van der Waals surface area (Å²) in [6.07, 6.45) is 0.0636. The van der Waals surface area contributed by atoms with Crippen LogP contribution in [0.3, 0.4) is 0 Å². The first-order chi connectivity index (χ1) is 13.8. The van der Waals surface area contributed by atoms with E-state index in [1.165, 1.54) is 5.56 Å². The quantitative estimate of drug-likeness (QED) is 0.833. The fourth-order valence-electron chi connectivity index (χ4n) is 3.41. The summed E-state index contributed by atoms with van der Waals surface area (Å²) in [5.41, 5.74) is 2.25. The van der Waals surface area contributed by atoms with E-state index in [4.69, 9.17) is 9.47 Å². The molecule has 0 bridgehead atoms. The van der Waals surface area contributed by atoms with Crippen LogP contribution < -0.4 is 10.1 Å². The molecular formula is C22H27N3O3. The molecule has 0 radical (unpaired) electrons. The molecule has 0 spiro atoms. The average molecular weight is 381 g/mol. The number of carbonyl (C=O) groups excluding carboxylic acids is 1. The fourth-order valence-corrected chi connectivity index (χ4v) is 3.41. The molecule has 2 aromatic rings. The molecule has 2 saturated heterocycles. The van der Waals surface area contributed by atoms with Crippen molar-refractivity contribution in [2.45, 2.75) is 19.3 Å². The molecule has 0 aromatic heterocycles. The largest absolute Gasteiger partial charge is 0.488 e. The van der Waals surface area contributed by atoms with Crippen LogP contribution in [-0.2, 0) is 17.9 Å². The van der Waals surface area contributed by atoms with E-state index in [-0.39, 0.29) is 6.09 Å². The molecule has 2 heterocycles. The van der Waals surface area contributed by atoms with Gasteiger partial charge in [-0.2, -0.15) is 0 Å². The fraction of sp³-hybridized carbons (Fsp3) is 0.409. The lowest BCUT2D eigenvalue weighted by atomic mass is 10.1. The van der Waals surface area contributed by atoms with Gasteiger partial charge in [0.05, 0.1) is 0 Å². The Kier molecular flexibility index (Phi) is 6.09. The van der Waals surface area contributed by atoms with E-state index in [9.17, 15) is 4.79 Å². The molecule has 6 heteroatoms. The van der Waals surface area contributed by atoms with Crippen LogP contribution in [0.1, 0.15) is 11.1 Å². The molecule has 1 amide bonds. The van der Waals surface area contributed by atoms with Crippen molar-refractivity contribution in [3.63, 3.8) is 0 Å². The molecule has 2 aliphatic heterocycles. The lowest BCUT2D eigenvalue weighted by Crippen LogP contribution is -2.50. The highest BCUT2D eigenvalue weighted by atomic mass is 16.6. The van der Waals surface area contributed by atoms with E-state index in [2.05, 4.69) is 22.3 Å². The Balaban J connectivity index is 1.21. The number of piperazine rings is 1. The van der Waals surface area contributed by atoms with Crippen molar-refractivity contribution in [1.82, 2.24) is 15.1 Å². The van der Waals surface area contributed by atoms with Crippen LogP contribution in [0.2, 0.25) is 0 Å². The Morgan fingerprint density at radius 1 is 0.964 bits per heavy atom. The maximum Gasteiger partial charge on any atom is 0.410 e. The minimum atomic E-state index is -0.229. The first-order valence-corrected chi connectivity index (χ1v) is 9.90. The van der Waals surface area contributed by atoms with Gasteiger partial charge in [0.2, 0.25) is 0 Å². The molecule has 0 saturated carbocycles. The molecule has 2 fully saturated rings. The second kappa shape index (κ2) is 9.08. The Morgan fingerprint density at radius 2 is 1.71 bits per heavy atom. The summed E-state index contributed by atoms with van der Waals surface area (Å²) in [5, 5.41) is 3.22. The van der Waals surface area contributed by atoms with Gasteiger partial charge in [-0.1, -0.05) is 42.5 Å². The van der Waals surface area contributed by atoms with Crippen LogP contribution in [0, 0.1) is 0 Å². The zero-order valence-corrected chi connectivity index (χ0v) is 16.0. The number of nitrogens with one attached hydrogen (secondary N) is 1. The average Bonchev–Trinajstić information content (AvgIpc) is 2.71. The summed E-state index contributed by atoms with van der Waals surface area (Å²) in [6, 6.07) is 18.1. The number of benzene rings is 2. The highest BCUT2D eigenvalue weighted by Gasteiger charge is 2.22. The molecule has 28 heavy (non-hydrogen) atoms. The maximum absolute atomic E-state index is 12.3. The topological polar surface area (TPSA) is 54.0 Å². The molecule has 4 rings (SSSR count). The minimum Gasteiger partial charge on any atom is -0.488 e. The number of amides is 1. The van der Waals surface area contributed by atoms with Crippen molar-refractivity contribution in [2.24, 2.45) is 0 Å². The molecule has 1 N–H and O–H groups in total. The summed E-state index contributed by atoms with van der Waals surface area (Å²) in [4.78, 5) is 16.4. The molecule has 2 aromatic carbocycles. The van der Waals surface area contributed by atoms with E-state index < -0.39 is 0 Å². The monoisotopic (exact) mass is 381 g/mol. The van der Waals surface area contributed by atoms with Crippen molar-refractivity contribution in [3.05, 3.63) is 65.7 Å². The van der Waals surface area contributed by atoms with Gasteiger partial charge in [-0.05, 0) is 23.3 Å². The Morgan fingerprint density at radius 3 is 2.43 bits per heavy atom. The lowest BCUT2D eigenvalue weighted by Gasteiger charge is -2.34. The third-order valence-corrected chi connectivity index (χ3v) is 5.19. The first-order valence-electron chi connectivity index (χ1n) is 9.90. The summed E-state index contributed by atoms with van der Waals surface area (Å²) in [7, 11) is 0. The Hall–Kier alpha value is -2.57. The Labute approximate surface area is 166 Å². The van der Waals surface area contributed by atoms with Crippen LogP contribution >= 0.6 is 0 Å². The minimum absolute atomic E-state index is 0.229. The van der Waals surface area contributed by atoms with E-state index in [1.54, 1.807) is 4.90 Å². The standard InChI is InChI=1S/C22H27N3O3/c26-22(27-17-18-5-2-1-3-6-18)25-11-9-24(10-12-25)16-19-7-4-8-20(13-19)28-21-14-23-15-21/h1-8,13,21,23H,9-12,14-17H2. The predicted molar refractivity (Wildman–Crippen MR) is 107 cm³/mol. The van der Waals surface area contributed by atoms with Gasteiger partial charge in [0.15, 0.2) is 0 Å². The highest BCUT2D eigenvalue weighted by molar-refractivity contribution is 5.67. The van der Waals surface area contributed by atoms with Crippen molar-refractivity contribution in [2.75, 3.05) is 39.3 Å². The Bertz CT molecular complexity index is 772. The molecule has 148 valence electrons. The van der Waals surface area contributed by atoms with Gasteiger partial charge in [-0.3, -0.25) is 4.90 Å². The molecule has 0 aliphatic carbocycles. The van der Waals surface area contributed by atoms with E-state index in [0.717, 1.165) is 44.0 Å². The van der Waals surface area contributed by atoms with Crippen LogP contribution in [0.15, 0.2) is 54.6 Å². The van der Waals surface area contributed by atoms with Gasteiger partial charge < -0.3 is 19.7 Å². The van der Waals surface area contributed by atoms with Crippen molar-refractivity contribution in [1.29, 1.82) is 0 Å². The number of hydrogen-bond donors (Lipinski definition) is 1. The van der Waals surface area contributed by atoms with Crippen LogP contribution in [0.4, 0.5) is 4.79 Å². The molecule has 6 nitrogen and oxygen atoms in total. The number of hydrogen-bond acceptors (Lipinski definition) is 5. The zero-order chi connectivity index (χ0) is 19.2. The molecule has 0 atom stereocenters. The van der Waals surface area contributed by atoms with Crippen molar-refractivity contribution < 1.29 is 14.3 Å². The SMILES string of the molecule is O=C(OCc1ccccc1)N1CCN(Cc2cccc(OC3CNC3)c2)CC1. The van der Waals surface area contributed by atoms with E-state index in [0.29, 0.717) is 25.8 Å². The van der Waals surface area contributed by atoms with E-state index >= 15 is 0 Å². The van der Waals surface area contributed by atoms with E-state index in [1.807, 2.05) is 42.5 Å². The summed E-state index contributed by atoms with van der Waals surface area (Å²) >= 11 is 0. The number of nitrogens with zero attached hydrogens (tertiary/aromatic N) is 2. The molecule has 0 unspecified atom stereocenters. The summed E-state index contributed by atoms with van der Waals surface area (Å²) < 4.78 is 11.4. The predicted octanol–water partition coefficient (Wildman–Crippen LogP) is 2.49. The van der Waals surface area contributed by atoms with Gasteiger partial charge in [0.25, 0.3) is 0 Å². The maximum atomic E-state index is 12.3. The lowest BCUT2D eigenvalue weighted by molar-refractivity contribution is 0.0700. The van der Waals surface area contributed by atoms with Gasteiger partial charge in [-0.15, -0.1) is 0 Å². The molecular weight excluding hydrogens is 354 g/mol. The second-order valence-corrected chi connectivity index (χ2v) is 7.35. The molecule has 2 aliphatic rings. The zero-order valence-electron chi connectivity index (χ0n) is 16.0. The third kappa shape index (κ3) is 5.03. The van der Waals surface area contributed by atoms with Gasteiger partial charge in [0, 0.05) is 45.8 Å². The number of carbonyl (C=O) groups is 1. The second-order valence-electron chi connectivity index (χ2n) is 7.35. The third-order valence-electron chi connectivity index (χ3n) is 5.19. The van der Waals surface area contributed by atoms with Gasteiger partial charge >= 0.3 is 6.09 Å². The van der Waals surface area contributed by atoms with Crippen LogP contribution in [0.5, 0.6) is 5.75 Å². The van der Waals surface area contributed by atoms with Gasteiger partial charge in [0.1, 0.15) is 18.5 Å². The summed E-state index contributed by atoms with van der Waals surface area (Å²) in [5.74, 6) is 0.937. The smallest absolute Gasteiger partial charge is 0.410 e. The number of ether oxygens (including phenoxy) is 2. The summed E-state index contributed by atoms with van der Waals surface area (Å²) in [6.45, 7) is 6.11. The number of rotatable bonds is 6. The highest BCUT2D eigenvalue weighted by Crippen LogP contribution is 2.18. The van der Waals surface area contributed by atoms with Gasteiger partial charge in [-0.25, -0.2) is 4.79 Å². The van der Waals surface area contributed by atoms with Crippen molar-refractivity contribution in [3.8, 4) is 5.75 Å².